The summed E-state index contributed by atoms with van der Waals surface area (Å²) < 4.78 is 0. The SMILES string of the molecule is CC1CC(C(=O)O)CCN1c1ccc([N+](=O)[O-])cc1C#N. The Balaban J connectivity index is 2.29. The largest absolute Gasteiger partial charge is 0.481 e. The van der Waals surface area contributed by atoms with Crippen LogP contribution < -0.4 is 4.90 Å². The smallest absolute Gasteiger partial charge is 0.306 e. The van der Waals surface area contributed by atoms with Crippen LogP contribution in [0.5, 0.6) is 0 Å². The van der Waals surface area contributed by atoms with Crippen molar-refractivity contribution in [1.82, 2.24) is 0 Å². The lowest BCUT2D eigenvalue weighted by Crippen LogP contribution is -2.43. The molecule has 1 aliphatic heterocycles. The molecular formula is C14H15N3O4. The highest BCUT2D eigenvalue weighted by molar-refractivity contribution is 5.71. The number of piperidine rings is 1. The molecule has 1 N–H and O–H groups in total. The van der Waals surface area contributed by atoms with Gasteiger partial charge in [-0.2, -0.15) is 5.26 Å². The molecule has 1 heterocycles. The first kappa shape index (κ1) is 14.8. The summed E-state index contributed by atoms with van der Waals surface area (Å²) >= 11 is 0. The highest BCUT2D eigenvalue weighted by Crippen LogP contribution is 2.32. The third-order valence-corrected chi connectivity index (χ3v) is 3.85. The van der Waals surface area contributed by atoms with Crippen molar-refractivity contribution in [3.63, 3.8) is 0 Å². The molecule has 1 aromatic rings. The number of carbonyl (C=O) groups is 1. The van der Waals surface area contributed by atoms with Gasteiger partial charge in [-0.05, 0) is 25.8 Å². The average Bonchev–Trinajstić information content (AvgIpc) is 2.46. The fraction of sp³-hybridized carbons (Fsp3) is 0.429. The van der Waals surface area contributed by atoms with Crippen molar-refractivity contribution < 1.29 is 14.8 Å². The minimum Gasteiger partial charge on any atom is -0.481 e. The number of hydrogen-bond donors (Lipinski definition) is 1. The van der Waals surface area contributed by atoms with Crippen LogP contribution in [0, 0.1) is 27.4 Å². The van der Waals surface area contributed by atoms with Crippen LogP contribution in [0.4, 0.5) is 11.4 Å². The first-order valence-electron chi connectivity index (χ1n) is 6.62. The van der Waals surface area contributed by atoms with Crippen molar-refractivity contribution in [1.29, 1.82) is 5.26 Å². The standard InChI is InChI=1S/C14H15N3O4/c1-9-6-10(14(18)19)4-5-16(9)13-3-2-12(17(20)21)7-11(13)8-15/h2-3,7,9-10H,4-6H2,1H3,(H,18,19). The van der Waals surface area contributed by atoms with Gasteiger partial charge in [0.1, 0.15) is 6.07 Å². The fourth-order valence-corrected chi connectivity index (χ4v) is 2.73. The summed E-state index contributed by atoms with van der Waals surface area (Å²) in [5, 5.41) is 29.0. The fourth-order valence-electron chi connectivity index (χ4n) is 2.73. The molecule has 0 aromatic heterocycles. The number of aliphatic carboxylic acids is 1. The van der Waals surface area contributed by atoms with Crippen LogP contribution >= 0.6 is 0 Å². The molecule has 7 nitrogen and oxygen atoms in total. The Kier molecular flexibility index (Phi) is 4.08. The molecule has 0 saturated carbocycles. The van der Waals surface area contributed by atoms with E-state index in [1.165, 1.54) is 12.1 Å². The number of carboxylic acids is 1. The zero-order valence-electron chi connectivity index (χ0n) is 11.5. The minimum absolute atomic E-state index is 0.0339. The van der Waals surface area contributed by atoms with Crippen LogP contribution in [-0.2, 0) is 4.79 Å². The number of non-ortho nitro benzene ring substituents is 1. The second-order valence-electron chi connectivity index (χ2n) is 5.17. The Bertz CT molecular complexity index is 623. The summed E-state index contributed by atoms with van der Waals surface area (Å²) in [6.07, 6.45) is 0.999. The molecule has 2 rings (SSSR count). The number of nitrogens with zero attached hydrogens (tertiary/aromatic N) is 3. The number of carboxylic acid groups (broad SMARTS) is 1. The third-order valence-electron chi connectivity index (χ3n) is 3.85. The Labute approximate surface area is 121 Å². The Morgan fingerprint density at radius 2 is 2.29 bits per heavy atom. The van der Waals surface area contributed by atoms with Gasteiger partial charge < -0.3 is 10.0 Å². The Morgan fingerprint density at radius 3 is 2.81 bits per heavy atom. The van der Waals surface area contributed by atoms with E-state index in [2.05, 4.69) is 0 Å². The first-order valence-corrected chi connectivity index (χ1v) is 6.62. The molecule has 0 bridgehead atoms. The number of nitro groups is 1. The van der Waals surface area contributed by atoms with Crippen LogP contribution in [-0.4, -0.2) is 28.6 Å². The van der Waals surface area contributed by atoms with E-state index in [1.807, 2.05) is 17.9 Å². The number of anilines is 1. The normalized spacial score (nSPS) is 21.6. The molecule has 1 saturated heterocycles. The molecule has 1 fully saturated rings. The molecule has 1 aromatic carbocycles. The van der Waals surface area contributed by atoms with Gasteiger partial charge in [0.15, 0.2) is 0 Å². The molecule has 1 aliphatic rings. The van der Waals surface area contributed by atoms with Crippen LogP contribution in [0.3, 0.4) is 0 Å². The maximum Gasteiger partial charge on any atom is 0.306 e. The molecule has 0 amide bonds. The van der Waals surface area contributed by atoms with Crippen molar-refractivity contribution in [3.8, 4) is 6.07 Å². The summed E-state index contributed by atoms with van der Waals surface area (Å²) in [7, 11) is 0. The molecule has 21 heavy (non-hydrogen) atoms. The summed E-state index contributed by atoms with van der Waals surface area (Å²) in [6.45, 7) is 2.42. The molecule has 2 unspecified atom stereocenters. The minimum atomic E-state index is -0.800. The molecule has 0 radical (unpaired) electrons. The topological polar surface area (TPSA) is 107 Å². The lowest BCUT2D eigenvalue weighted by Gasteiger charge is -2.38. The molecule has 110 valence electrons. The predicted molar refractivity (Wildman–Crippen MR) is 75.0 cm³/mol. The Hall–Kier alpha value is -2.62. The van der Waals surface area contributed by atoms with Crippen molar-refractivity contribution in [2.45, 2.75) is 25.8 Å². The van der Waals surface area contributed by atoms with Gasteiger partial charge in [-0.3, -0.25) is 14.9 Å². The molecule has 7 heteroatoms. The highest BCUT2D eigenvalue weighted by atomic mass is 16.6. The van der Waals surface area contributed by atoms with Gasteiger partial charge in [-0.1, -0.05) is 0 Å². The second-order valence-corrected chi connectivity index (χ2v) is 5.17. The predicted octanol–water partition coefficient (Wildman–Crippen LogP) is 2.16. The maximum atomic E-state index is 11.0. The summed E-state index contributed by atoms with van der Waals surface area (Å²) in [5.41, 5.74) is 0.743. The van der Waals surface area contributed by atoms with E-state index in [4.69, 9.17) is 5.11 Å². The van der Waals surface area contributed by atoms with Gasteiger partial charge in [0, 0.05) is 24.7 Å². The van der Waals surface area contributed by atoms with Gasteiger partial charge in [-0.25, -0.2) is 0 Å². The van der Waals surface area contributed by atoms with E-state index in [0.29, 0.717) is 25.1 Å². The Morgan fingerprint density at radius 1 is 1.57 bits per heavy atom. The molecule has 0 spiro atoms. The lowest BCUT2D eigenvalue weighted by molar-refractivity contribution is -0.384. The second kappa shape index (κ2) is 5.79. The first-order chi connectivity index (χ1) is 9.93. The monoisotopic (exact) mass is 289 g/mol. The number of nitriles is 1. The van der Waals surface area contributed by atoms with Crippen molar-refractivity contribution in [2.24, 2.45) is 5.92 Å². The highest BCUT2D eigenvalue weighted by Gasteiger charge is 2.31. The third kappa shape index (κ3) is 2.94. The molecule has 2 atom stereocenters. The maximum absolute atomic E-state index is 11.0. The van der Waals surface area contributed by atoms with Gasteiger partial charge in [0.05, 0.1) is 22.1 Å². The number of hydrogen-bond acceptors (Lipinski definition) is 5. The zero-order chi connectivity index (χ0) is 15.6. The van der Waals surface area contributed by atoms with Crippen LogP contribution in [0.25, 0.3) is 0 Å². The van der Waals surface area contributed by atoms with E-state index in [9.17, 15) is 20.2 Å². The van der Waals surface area contributed by atoms with E-state index in [1.54, 1.807) is 6.07 Å². The number of rotatable bonds is 3. The van der Waals surface area contributed by atoms with E-state index in [0.717, 1.165) is 0 Å². The van der Waals surface area contributed by atoms with Crippen LogP contribution in [0.1, 0.15) is 25.3 Å². The van der Waals surface area contributed by atoms with E-state index >= 15 is 0 Å². The summed E-state index contributed by atoms with van der Waals surface area (Å²) in [4.78, 5) is 23.2. The van der Waals surface area contributed by atoms with Gasteiger partial charge in [-0.15, -0.1) is 0 Å². The average molecular weight is 289 g/mol. The van der Waals surface area contributed by atoms with Gasteiger partial charge >= 0.3 is 5.97 Å². The number of nitro benzene ring substituents is 1. The summed E-state index contributed by atoms with van der Waals surface area (Å²) in [6, 6.07) is 6.13. The summed E-state index contributed by atoms with van der Waals surface area (Å²) in [5.74, 6) is -1.18. The quantitative estimate of drug-likeness (QED) is 0.674. The van der Waals surface area contributed by atoms with Gasteiger partial charge in [0.25, 0.3) is 5.69 Å². The van der Waals surface area contributed by atoms with Gasteiger partial charge in [0.2, 0.25) is 0 Å². The molecule has 0 aliphatic carbocycles. The van der Waals surface area contributed by atoms with Crippen LogP contribution in [0.15, 0.2) is 18.2 Å². The lowest BCUT2D eigenvalue weighted by atomic mass is 9.91. The van der Waals surface area contributed by atoms with E-state index < -0.39 is 10.9 Å². The van der Waals surface area contributed by atoms with E-state index in [-0.39, 0.29) is 23.2 Å². The zero-order valence-corrected chi connectivity index (χ0v) is 11.5. The van der Waals surface area contributed by atoms with Crippen molar-refractivity contribution >= 4 is 17.3 Å². The molecular weight excluding hydrogens is 274 g/mol. The van der Waals surface area contributed by atoms with Crippen molar-refractivity contribution in [2.75, 3.05) is 11.4 Å². The van der Waals surface area contributed by atoms with Crippen molar-refractivity contribution in [3.05, 3.63) is 33.9 Å². The van der Waals surface area contributed by atoms with Crippen LogP contribution in [0.2, 0.25) is 0 Å². The number of benzene rings is 1.